The second kappa shape index (κ2) is 8.97. The Hall–Kier alpha value is -2.69. The average molecular weight is 343 g/mol. The van der Waals surface area contributed by atoms with Gasteiger partial charge in [-0.15, -0.1) is 0 Å². The van der Waals surface area contributed by atoms with E-state index < -0.39 is 0 Å². The number of hydrogen-bond donors (Lipinski definition) is 2. The van der Waals surface area contributed by atoms with E-state index in [1.165, 1.54) is 6.92 Å². The summed E-state index contributed by atoms with van der Waals surface area (Å²) in [6, 6.07) is 10.6. The Kier molecular flexibility index (Phi) is 6.69. The fourth-order valence-electron chi connectivity index (χ4n) is 2.56. The molecule has 0 spiro atoms. The Labute approximate surface area is 148 Å². The number of benzene rings is 2. The van der Waals surface area contributed by atoms with E-state index in [4.69, 9.17) is 15.2 Å². The molecule has 2 aromatic rings. The summed E-state index contributed by atoms with van der Waals surface area (Å²) in [5, 5.41) is 10.3. The van der Waals surface area contributed by atoms with E-state index in [1.54, 1.807) is 18.2 Å². The van der Waals surface area contributed by atoms with Crippen LogP contribution in [-0.4, -0.2) is 24.1 Å². The summed E-state index contributed by atoms with van der Waals surface area (Å²) in [7, 11) is 0. The van der Waals surface area contributed by atoms with Crippen molar-refractivity contribution >= 4 is 11.5 Å². The molecule has 0 amide bonds. The summed E-state index contributed by atoms with van der Waals surface area (Å²) in [4.78, 5) is 11.6. The first-order valence-corrected chi connectivity index (χ1v) is 8.49. The Morgan fingerprint density at radius 3 is 2.60 bits per heavy atom. The molecule has 0 heterocycles. The molecule has 0 aliphatic heterocycles. The third kappa shape index (κ3) is 5.14. The van der Waals surface area contributed by atoms with Crippen molar-refractivity contribution in [3.05, 3.63) is 47.5 Å². The number of aromatic hydroxyl groups is 1. The summed E-state index contributed by atoms with van der Waals surface area (Å²) in [6.07, 6.45) is 2.20. The van der Waals surface area contributed by atoms with Crippen molar-refractivity contribution in [3.8, 4) is 17.2 Å². The fourth-order valence-corrected chi connectivity index (χ4v) is 2.56. The van der Waals surface area contributed by atoms with E-state index in [0.717, 1.165) is 12.2 Å². The van der Waals surface area contributed by atoms with Crippen LogP contribution in [0.5, 0.6) is 17.2 Å². The predicted molar refractivity (Wildman–Crippen MR) is 98.6 cm³/mol. The highest BCUT2D eigenvalue weighted by molar-refractivity contribution is 5.97. The van der Waals surface area contributed by atoms with E-state index in [2.05, 4.69) is 0 Å². The minimum atomic E-state index is -0.156. The summed E-state index contributed by atoms with van der Waals surface area (Å²) >= 11 is 0. The van der Waals surface area contributed by atoms with Crippen molar-refractivity contribution in [3.63, 3.8) is 0 Å². The highest BCUT2D eigenvalue weighted by Gasteiger charge is 2.15. The highest BCUT2D eigenvalue weighted by atomic mass is 16.5. The molecule has 0 aliphatic carbocycles. The molecule has 0 unspecified atom stereocenters. The minimum Gasteiger partial charge on any atom is -0.507 e. The molecule has 2 aromatic carbocycles. The van der Waals surface area contributed by atoms with E-state index in [1.807, 2.05) is 25.1 Å². The van der Waals surface area contributed by atoms with Gasteiger partial charge in [0.2, 0.25) is 0 Å². The molecule has 0 fully saturated rings. The molecule has 2 rings (SSSR count). The van der Waals surface area contributed by atoms with E-state index in [0.29, 0.717) is 48.6 Å². The normalized spacial score (nSPS) is 10.5. The third-order valence-electron chi connectivity index (χ3n) is 3.79. The number of phenolic OH excluding ortho intramolecular Hbond substituents is 1. The van der Waals surface area contributed by atoms with Gasteiger partial charge in [0.1, 0.15) is 17.2 Å². The summed E-state index contributed by atoms with van der Waals surface area (Å²) in [5.74, 6) is 1.23. The number of nitrogen functional groups attached to an aromatic ring is 1. The van der Waals surface area contributed by atoms with Gasteiger partial charge in [0.25, 0.3) is 0 Å². The zero-order valence-electron chi connectivity index (χ0n) is 14.7. The largest absolute Gasteiger partial charge is 0.507 e. The molecule has 0 saturated heterocycles. The van der Waals surface area contributed by atoms with E-state index >= 15 is 0 Å². The molecule has 0 aromatic heterocycles. The predicted octanol–water partition coefficient (Wildman–Crippen LogP) is 3.98. The highest BCUT2D eigenvalue weighted by Crippen LogP contribution is 2.33. The van der Waals surface area contributed by atoms with Crippen molar-refractivity contribution in [1.29, 1.82) is 0 Å². The third-order valence-corrected chi connectivity index (χ3v) is 3.79. The molecule has 0 saturated carbocycles. The average Bonchev–Trinajstić information content (AvgIpc) is 2.57. The van der Waals surface area contributed by atoms with Crippen LogP contribution >= 0.6 is 0 Å². The SMILES string of the molecule is CCCc1c(OCCCOc2cccc(N)c2)ccc(C(C)=O)c1O. The second-order valence-corrected chi connectivity index (χ2v) is 5.87. The molecule has 3 N–H and O–H groups in total. The van der Waals surface area contributed by atoms with Crippen LogP contribution in [0.3, 0.4) is 0 Å². The summed E-state index contributed by atoms with van der Waals surface area (Å²) in [6.45, 7) is 4.42. The van der Waals surface area contributed by atoms with Crippen molar-refractivity contribution < 1.29 is 19.4 Å². The van der Waals surface area contributed by atoms with Gasteiger partial charge < -0.3 is 20.3 Å². The Morgan fingerprint density at radius 1 is 1.16 bits per heavy atom. The van der Waals surface area contributed by atoms with Crippen LogP contribution in [0.1, 0.15) is 42.6 Å². The van der Waals surface area contributed by atoms with Crippen molar-refractivity contribution in [2.24, 2.45) is 0 Å². The maximum atomic E-state index is 11.6. The van der Waals surface area contributed by atoms with Gasteiger partial charge in [0.15, 0.2) is 5.78 Å². The number of rotatable bonds is 9. The zero-order valence-corrected chi connectivity index (χ0v) is 14.7. The van der Waals surface area contributed by atoms with E-state index in [9.17, 15) is 9.90 Å². The number of carbonyl (C=O) groups is 1. The number of Topliss-reactive ketones (excluding diaryl/α,β-unsaturated/α-hetero) is 1. The quantitative estimate of drug-likeness (QED) is 0.409. The van der Waals surface area contributed by atoms with Gasteiger partial charge in [-0.2, -0.15) is 0 Å². The number of ketones is 1. The molecular formula is C20H25NO4. The lowest BCUT2D eigenvalue weighted by atomic mass is 10.0. The number of phenols is 1. The Balaban J connectivity index is 1.91. The molecule has 134 valence electrons. The fraction of sp³-hybridized carbons (Fsp3) is 0.350. The second-order valence-electron chi connectivity index (χ2n) is 5.87. The van der Waals surface area contributed by atoms with Crippen LogP contribution in [-0.2, 0) is 6.42 Å². The first-order valence-electron chi connectivity index (χ1n) is 8.49. The van der Waals surface area contributed by atoms with Gasteiger partial charge >= 0.3 is 0 Å². The maximum absolute atomic E-state index is 11.6. The van der Waals surface area contributed by atoms with Crippen molar-refractivity contribution in [1.82, 2.24) is 0 Å². The maximum Gasteiger partial charge on any atom is 0.163 e. The number of ether oxygens (including phenoxy) is 2. The number of carbonyl (C=O) groups excluding carboxylic acids is 1. The molecular weight excluding hydrogens is 318 g/mol. The van der Waals surface area contributed by atoms with Crippen LogP contribution in [0, 0.1) is 0 Å². The van der Waals surface area contributed by atoms with Crippen LogP contribution in [0.4, 0.5) is 5.69 Å². The Morgan fingerprint density at radius 2 is 1.92 bits per heavy atom. The topological polar surface area (TPSA) is 81.8 Å². The smallest absolute Gasteiger partial charge is 0.163 e. The lowest BCUT2D eigenvalue weighted by Gasteiger charge is -2.15. The first-order chi connectivity index (χ1) is 12.0. The van der Waals surface area contributed by atoms with Crippen molar-refractivity contribution in [2.45, 2.75) is 33.1 Å². The zero-order chi connectivity index (χ0) is 18.2. The lowest BCUT2D eigenvalue weighted by Crippen LogP contribution is -2.07. The molecule has 0 atom stereocenters. The van der Waals surface area contributed by atoms with Crippen molar-refractivity contribution in [2.75, 3.05) is 18.9 Å². The monoisotopic (exact) mass is 343 g/mol. The number of hydrogen-bond acceptors (Lipinski definition) is 5. The Bertz CT molecular complexity index is 728. The number of nitrogens with two attached hydrogens (primary N) is 1. The van der Waals surface area contributed by atoms with Gasteiger partial charge in [-0.05, 0) is 37.6 Å². The minimum absolute atomic E-state index is 0.0304. The van der Waals surface area contributed by atoms with Gasteiger partial charge in [-0.25, -0.2) is 0 Å². The van der Waals surface area contributed by atoms with Gasteiger partial charge in [0.05, 0.1) is 18.8 Å². The molecule has 0 aliphatic rings. The molecule has 0 radical (unpaired) electrons. The summed E-state index contributed by atoms with van der Waals surface area (Å²) in [5.41, 5.74) is 7.39. The summed E-state index contributed by atoms with van der Waals surface area (Å²) < 4.78 is 11.4. The number of anilines is 1. The lowest BCUT2D eigenvalue weighted by molar-refractivity contribution is 0.101. The molecule has 5 nitrogen and oxygen atoms in total. The van der Waals surface area contributed by atoms with Crippen LogP contribution in [0.15, 0.2) is 36.4 Å². The standard InChI is InChI=1S/C20H25NO4/c1-3-6-18-19(10-9-17(14(2)22)20(18)23)25-12-5-11-24-16-8-4-7-15(21)13-16/h4,7-10,13,23H,3,5-6,11-12,21H2,1-2H3. The van der Waals surface area contributed by atoms with Gasteiger partial charge in [0, 0.05) is 23.7 Å². The first kappa shape index (κ1) is 18.6. The van der Waals surface area contributed by atoms with Crippen LogP contribution in [0.2, 0.25) is 0 Å². The van der Waals surface area contributed by atoms with Crippen LogP contribution in [0.25, 0.3) is 0 Å². The van der Waals surface area contributed by atoms with Crippen LogP contribution < -0.4 is 15.2 Å². The van der Waals surface area contributed by atoms with E-state index in [-0.39, 0.29) is 11.5 Å². The van der Waals surface area contributed by atoms with Gasteiger partial charge in [-0.1, -0.05) is 19.4 Å². The van der Waals surface area contributed by atoms with Gasteiger partial charge in [-0.3, -0.25) is 4.79 Å². The molecule has 25 heavy (non-hydrogen) atoms. The molecule has 5 heteroatoms. The molecule has 0 bridgehead atoms.